The first-order chi connectivity index (χ1) is 12.9. The molecule has 0 unspecified atom stereocenters. The van der Waals surface area contributed by atoms with E-state index in [9.17, 15) is 14.0 Å². The largest absolute Gasteiger partial charge is 0.322 e. The standard InChI is InChI=1S/C21H18FN3O2/c1-13-6-7-14(2)18(10-13)25-21(27)19-11-15(8-9-23-19)20(26)24-17-5-3-4-16(22)12-17/h3-12H,1-2H3,(H,24,26)(H,25,27). The molecule has 5 nitrogen and oxygen atoms in total. The molecule has 0 spiro atoms. The molecule has 0 radical (unpaired) electrons. The van der Waals surface area contributed by atoms with Crippen molar-refractivity contribution in [1.29, 1.82) is 0 Å². The monoisotopic (exact) mass is 363 g/mol. The molecule has 2 aromatic carbocycles. The molecule has 3 aromatic rings. The molecule has 0 aliphatic carbocycles. The van der Waals surface area contributed by atoms with Crippen LogP contribution in [0.1, 0.15) is 32.0 Å². The summed E-state index contributed by atoms with van der Waals surface area (Å²) in [7, 11) is 0. The highest BCUT2D eigenvalue weighted by molar-refractivity contribution is 6.08. The predicted molar refractivity (Wildman–Crippen MR) is 102 cm³/mol. The summed E-state index contributed by atoms with van der Waals surface area (Å²) in [6.45, 7) is 3.83. The number of carbonyl (C=O) groups excluding carboxylic acids is 2. The zero-order chi connectivity index (χ0) is 19.4. The Balaban J connectivity index is 1.77. The van der Waals surface area contributed by atoms with Crippen molar-refractivity contribution in [3.05, 3.63) is 89.0 Å². The van der Waals surface area contributed by atoms with Gasteiger partial charge in [-0.05, 0) is 61.4 Å². The Morgan fingerprint density at radius 1 is 0.926 bits per heavy atom. The number of halogens is 1. The van der Waals surface area contributed by atoms with Crippen LogP contribution in [0.25, 0.3) is 0 Å². The van der Waals surface area contributed by atoms with E-state index in [2.05, 4.69) is 15.6 Å². The van der Waals surface area contributed by atoms with Crippen LogP contribution in [0.5, 0.6) is 0 Å². The lowest BCUT2D eigenvalue weighted by molar-refractivity contribution is 0.102. The van der Waals surface area contributed by atoms with Gasteiger partial charge in [-0.25, -0.2) is 4.39 Å². The van der Waals surface area contributed by atoms with Gasteiger partial charge in [0, 0.05) is 23.1 Å². The molecule has 0 aliphatic rings. The van der Waals surface area contributed by atoms with Crippen molar-refractivity contribution in [1.82, 2.24) is 4.98 Å². The van der Waals surface area contributed by atoms with Gasteiger partial charge in [-0.1, -0.05) is 18.2 Å². The van der Waals surface area contributed by atoms with E-state index in [0.29, 0.717) is 11.4 Å². The number of rotatable bonds is 4. The molecule has 0 saturated heterocycles. The first kappa shape index (κ1) is 18.3. The number of aromatic nitrogens is 1. The van der Waals surface area contributed by atoms with Crippen molar-refractivity contribution < 1.29 is 14.0 Å². The average molecular weight is 363 g/mol. The number of hydrogen-bond donors (Lipinski definition) is 2. The molecule has 0 aliphatic heterocycles. The topological polar surface area (TPSA) is 71.1 Å². The lowest BCUT2D eigenvalue weighted by atomic mass is 10.1. The quantitative estimate of drug-likeness (QED) is 0.724. The zero-order valence-electron chi connectivity index (χ0n) is 14.9. The number of anilines is 2. The van der Waals surface area contributed by atoms with Crippen molar-refractivity contribution in [2.75, 3.05) is 10.6 Å². The fourth-order valence-corrected chi connectivity index (χ4v) is 2.52. The molecule has 0 atom stereocenters. The Morgan fingerprint density at radius 2 is 1.74 bits per heavy atom. The summed E-state index contributed by atoms with van der Waals surface area (Å²) in [6, 6.07) is 14.2. The lowest BCUT2D eigenvalue weighted by Gasteiger charge is -2.10. The summed E-state index contributed by atoms with van der Waals surface area (Å²) in [5.41, 5.74) is 3.33. The normalized spacial score (nSPS) is 10.3. The molecule has 3 rings (SSSR count). The molecule has 6 heteroatoms. The van der Waals surface area contributed by atoms with Gasteiger partial charge in [-0.3, -0.25) is 14.6 Å². The highest BCUT2D eigenvalue weighted by atomic mass is 19.1. The SMILES string of the molecule is Cc1ccc(C)c(NC(=O)c2cc(C(=O)Nc3cccc(F)c3)ccn2)c1. The van der Waals surface area contributed by atoms with Crippen molar-refractivity contribution in [3.63, 3.8) is 0 Å². The van der Waals surface area contributed by atoms with Crippen LogP contribution in [0, 0.1) is 19.7 Å². The van der Waals surface area contributed by atoms with Crippen LogP contribution in [0.2, 0.25) is 0 Å². The van der Waals surface area contributed by atoms with Gasteiger partial charge in [0.2, 0.25) is 0 Å². The first-order valence-corrected chi connectivity index (χ1v) is 8.34. The maximum atomic E-state index is 13.2. The lowest BCUT2D eigenvalue weighted by Crippen LogP contribution is -2.17. The van der Waals surface area contributed by atoms with E-state index in [0.717, 1.165) is 11.1 Å². The molecule has 0 fully saturated rings. The summed E-state index contributed by atoms with van der Waals surface area (Å²) in [4.78, 5) is 28.9. The minimum absolute atomic E-state index is 0.114. The number of aryl methyl sites for hydroxylation is 2. The highest BCUT2D eigenvalue weighted by Crippen LogP contribution is 2.17. The van der Waals surface area contributed by atoms with E-state index in [1.54, 1.807) is 6.07 Å². The van der Waals surface area contributed by atoms with Crippen LogP contribution in [0.4, 0.5) is 15.8 Å². The fraction of sp³-hybridized carbons (Fsp3) is 0.0952. The van der Waals surface area contributed by atoms with E-state index in [1.165, 1.54) is 36.5 Å². The number of nitrogens with one attached hydrogen (secondary N) is 2. The Morgan fingerprint density at radius 3 is 2.52 bits per heavy atom. The fourth-order valence-electron chi connectivity index (χ4n) is 2.52. The third-order valence-electron chi connectivity index (χ3n) is 3.98. The molecule has 1 heterocycles. The van der Waals surface area contributed by atoms with Gasteiger partial charge in [-0.15, -0.1) is 0 Å². The maximum absolute atomic E-state index is 13.2. The van der Waals surface area contributed by atoms with Crippen LogP contribution >= 0.6 is 0 Å². The van der Waals surface area contributed by atoms with Crippen molar-refractivity contribution in [3.8, 4) is 0 Å². The number of nitrogens with zero attached hydrogens (tertiary/aromatic N) is 1. The molecule has 27 heavy (non-hydrogen) atoms. The number of benzene rings is 2. The minimum Gasteiger partial charge on any atom is -0.322 e. The molecule has 2 N–H and O–H groups in total. The van der Waals surface area contributed by atoms with Gasteiger partial charge in [0.15, 0.2) is 0 Å². The smallest absolute Gasteiger partial charge is 0.274 e. The average Bonchev–Trinajstić information content (AvgIpc) is 2.65. The van der Waals surface area contributed by atoms with E-state index in [4.69, 9.17) is 0 Å². The number of pyridine rings is 1. The summed E-state index contributed by atoms with van der Waals surface area (Å²) in [6.07, 6.45) is 1.39. The second kappa shape index (κ2) is 7.78. The summed E-state index contributed by atoms with van der Waals surface area (Å²) < 4.78 is 13.2. The van der Waals surface area contributed by atoms with Crippen LogP contribution in [0.3, 0.4) is 0 Å². The van der Waals surface area contributed by atoms with E-state index >= 15 is 0 Å². The van der Waals surface area contributed by atoms with E-state index in [1.807, 2.05) is 32.0 Å². The Kier molecular flexibility index (Phi) is 5.26. The van der Waals surface area contributed by atoms with Gasteiger partial charge in [0.05, 0.1) is 0 Å². The summed E-state index contributed by atoms with van der Waals surface area (Å²) in [5.74, 6) is -1.32. The third kappa shape index (κ3) is 4.55. The minimum atomic E-state index is -0.455. The predicted octanol–water partition coefficient (Wildman–Crippen LogP) is 4.34. The number of amides is 2. The molecule has 0 bridgehead atoms. The van der Waals surface area contributed by atoms with E-state index < -0.39 is 17.6 Å². The van der Waals surface area contributed by atoms with Gasteiger partial charge in [-0.2, -0.15) is 0 Å². The van der Waals surface area contributed by atoms with Gasteiger partial charge < -0.3 is 10.6 Å². The Bertz CT molecular complexity index is 1020. The summed E-state index contributed by atoms with van der Waals surface area (Å²) >= 11 is 0. The molecular formula is C21H18FN3O2. The number of hydrogen-bond acceptors (Lipinski definition) is 3. The molecule has 0 saturated carbocycles. The van der Waals surface area contributed by atoms with Crippen molar-refractivity contribution in [2.24, 2.45) is 0 Å². The van der Waals surface area contributed by atoms with Crippen molar-refractivity contribution in [2.45, 2.75) is 13.8 Å². The molecule has 136 valence electrons. The maximum Gasteiger partial charge on any atom is 0.274 e. The summed E-state index contributed by atoms with van der Waals surface area (Å²) in [5, 5.41) is 5.40. The second-order valence-electron chi connectivity index (χ2n) is 6.17. The van der Waals surface area contributed by atoms with Crippen LogP contribution in [0.15, 0.2) is 60.8 Å². The van der Waals surface area contributed by atoms with Crippen LogP contribution in [-0.2, 0) is 0 Å². The number of carbonyl (C=O) groups is 2. The van der Waals surface area contributed by atoms with Crippen LogP contribution < -0.4 is 10.6 Å². The van der Waals surface area contributed by atoms with Gasteiger partial charge in [0.25, 0.3) is 11.8 Å². The van der Waals surface area contributed by atoms with Gasteiger partial charge >= 0.3 is 0 Å². The van der Waals surface area contributed by atoms with Crippen molar-refractivity contribution >= 4 is 23.2 Å². The third-order valence-corrected chi connectivity index (χ3v) is 3.98. The Labute approximate surface area is 156 Å². The zero-order valence-corrected chi connectivity index (χ0v) is 14.9. The molecular weight excluding hydrogens is 345 g/mol. The highest BCUT2D eigenvalue weighted by Gasteiger charge is 2.13. The van der Waals surface area contributed by atoms with E-state index in [-0.39, 0.29) is 11.3 Å². The van der Waals surface area contributed by atoms with Gasteiger partial charge in [0.1, 0.15) is 11.5 Å². The molecule has 1 aromatic heterocycles. The Hall–Kier alpha value is -3.54. The molecule has 2 amide bonds. The first-order valence-electron chi connectivity index (χ1n) is 8.34. The van der Waals surface area contributed by atoms with Crippen LogP contribution in [-0.4, -0.2) is 16.8 Å². The second-order valence-corrected chi connectivity index (χ2v) is 6.17.